The first kappa shape index (κ1) is 15.3. The number of aromatic nitrogens is 2. The molecule has 2 heterocycles. The number of anilines is 1. The molecule has 0 saturated carbocycles. The van der Waals surface area contributed by atoms with E-state index in [1.54, 1.807) is 20.8 Å². The first-order chi connectivity index (χ1) is 9.47. The Labute approximate surface area is 119 Å². The summed E-state index contributed by atoms with van der Waals surface area (Å²) in [6.07, 6.45) is -5.31. The van der Waals surface area contributed by atoms with E-state index in [-0.39, 0.29) is 24.6 Å². The summed E-state index contributed by atoms with van der Waals surface area (Å²) in [5.41, 5.74) is 5.26. The van der Waals surface area contributed by atoms with Crippen LogP contribution in [0.15, 0.2) is 0 Å². The summed E-state index contributed by atoms with van der Waals surface area (Å²) >= 11 is 0. The van der Waals surface area contributed by atoms with Gasteiger partial charge in [-0.05, 0) is 20.8 Å². The second-order valence-corrected chi connectivity index (χ2v) is 5.69. The number of hydrogen-bond acceptors (Lipinski definition) is 5. The number of carbonyl (C=O) groups excluding carboxylic acids is 1. The fourth-order valence-electron chi connectivity index (χ4n) is 1.86. The molecule has 0 aromatic carbocycles. The minimum Gasteiger partial charge on any atom is -0.444 e. The van der Waals surface area contributed by atoms with Gasteiger partial charge < -0.3 is 10.5 Å². The molecule has 21 heavy (non-hydrogen) atoms. The minimum absolute atomic E-state index is 0.0359. The lowest BCUT2D eigenvalue weighted by molar-refractivity contribution is -0.145. The lowest BCUT2D eigenvalue weighted by Gasteiger charge is -2.23. The van der Waals surface area contributed by atoms with Crippen LogP contribution in [0.3, 0.4) is 0 Å². The fraction of sp³-hybridized carbons (Fsp3) is 0.583. The third kappa shape index (κ3) is 3.34. The lowest BCUT2D eigenvalue weighted by Crippen LogP contribution is -2.33. The number of rotatable bonds is 0. The van der Waals surface area contributed by atoms with Crippen molar-refractivity contribution in [2.24, 2.45) is 0 Å². The number of nitrogen functional groups attached to an aromatic ring is 1. The van der Waals surface area contributed by atoms with Gasteiger partial charge in [0.05, 0.1) is 18.8 Å². The van der Waals surface area contributed by atoms with Gasteiger partial charge in [0, 0.05) is 5.56 Å². The highest BCUT2D eigenvalue weighted by Gasteiger charge is 2.38. The zero-order valence-corrected chi connectivity index (χ0v) is 11.8. The number of alkyl halides is 3. The molecular formula is C12H15F3N4O2. The van der Waals surface area contributed by atoms with E-state index in [1.807, 2.05) is 0 Å². The number of hydrogen-bond donors (Lipinski definition) is 1. The molecule has 0 unspecified atom stereocenters. The van der Waals surface area contributed by atoms with E-state index in [0.717, 1.165) is 0 Å². The van der Waals surface area contributed by atoms with Gasteiger partial charge in [-0.25, -0.2) is 14.8 Å². The molecule has 0 bridgehead atoms. The lowest BCUT2D eigenvalue weighted by atomic mass is 10.2. The Hall–Kier alpha value is -2.06. The Bertz CT molecular complexity index is 581. The number of fused-ring (bicyclic) bond motifs is 1. The molecule has 0 fully saturated rings. The number of amides is 1. The highest BCUT2D eigenvalue weighted by atomic mass is 19.4. The number of halogens is 3. The smallest absolute Gasteiger partial charge is 0.444 e. The van der Waals surface area contributed by atoms with Crippen molar-refractivity contribution in [1.82, 2.24) is 14.9 Å². The van der Waals surface area contributed by atoms with Gasteiger partial charge in [0.2, 0.25) is 5.82 Å². The van der Waals surface area contributed by atoms with Gasteiger partial charge in [-0.3, -0.25) is 4.90 Å². The largest absolute Gasteiger partial charge is 0.451 e. The van der Waals surface area contributed by atoms with E-state index in [0.29, 0.717) is 5.56 Å². The highest BCUT2D eigenvalue weighted by Crippen LogP contribution is 2.32. The van der Waals surface area contributed by atoms with Crippen molar-refractivity contribution in [2.45, 2.75) is 45.6 Å². The normalized spacial score (nSPS) is 15.0. The molecule has 0 radical (unpaired) electrons. The van der Waals surface area contributed by atoms with Gasteiger partial charge in [0.1, 0.15) is 11.4 Å². The maximum atomic E-state index is 12.6. The van der Waals surface area contributed by atoms with Crippen LogP contribution in [0.4, 0.5) is 23.8 Å². The summed E-state index contributed by atoms with van der Waals surface area (Å²) in [5.74, 6) is -1.57. The topological polar surface area (TPSA) is 81.3 Å². The van der Waals surface area contributed by atoms with E-state index in [1.165, 1.54) is 4.90 Å². The average molecular weight is 304 g/mol. The Balaban J connectivity index is 2.23. The summed E-state index contributed by atoms with van der Waals surface area (Å²) < 4.78 is 43.1. The molecule has 116 valence electrons. The number of nitrogens with zero attached hydrogens (tertiary/aromatic N) is 3. The molecule has 1 aliphatic rings. The van der Waals surface area contributed by atoms with Crippen LogP contribution in [-0.4, -0.2) is 26.6 Å². The molecule has 1 amide bonds. The van der Waals surface area contributed by atoms with Crippen LogP contribution in [0.2, 0.25) is 0 Å². The van der Waals surface area contributed by atoms with E-state index in [2.05, 4.69) is 9.97 Å². The standard InChI is InChI=1S/C12H15F3N4O2/c1-11(2,3)21-10(20)19-4-6-7(5-19)17-9(12(13,14)15)18-8(6)16/h4-5H2,1-3H3,(H2,16,17,18). The first-order valence-corrected chi connectivity index (χ1v) is 6.18. The predicted octanol–water partition coefficient (Wildman–Crippen LogP) is 2.33. The third-order valence-electron chi connectivity index (χ3n) is 2.72. The van der Waals surface area contributed by atoms with Crippen molar-refractivity contribution in [2.75, 3.05) is 5.73 Å². The molecule has 1 aromatic heterocycles. The molecule has 6 nitrogen and oxygen atoms in total. The second kappa shape index (κ2) is 4.74. The summed E-state index contributed by atoms with van der Waals surface area (Å²) in [6, 6.07) is 0. The quantitative estimate of drug-likeness (QED) is 0.795. The molecule has 0 aliphatic carbocycles. The van der Waals surface area contributed by atoms with Crippen LogP contribution >= 0.6 is 0 Å². The number of nitrogens with two attached hydrogens (primary N) is 1. The third-order valence-corrected chi connectivity index (χ3v) is 2.72. The van der Waals surface area contributed by atoms with Crippen LogP contribution in [0, 0.1) is 0 Å². The average Bonchev–Trinajstić information content (AvgIpc) is 2.69. The van der Waals surface area contributed by atoms with Crippen LogP contribution < -0.4 is 5.73 Å². The molecular weight excluding hydrogens is 289 g/mol. The van der Waals surface area contributed by atoms with Crippen LogP contribution in [0.1, 0.15) is 37.9 Å². The van der Waals surface area contributed by atoms with Crippen molar-refractivity contribution in [3.8, 4) is 0 Å². The SMILES string of the molecule is CC(C)(C)OC(=O)N1Cc2nc(C(F)(F)F)nc(N)c2C1. The van der Waals surface area contributed by atoms with E-state index < -0.39 is 23.7 Å². The molecule has 0 spiro atoms. The van der Waals surface area contributed by atoms with Crippen molar-refractivity contribution < 1.29 is 22.7 Å². The number of ether oxygens (including phenoxy) is 1. The maximum absolute atomic E-state index is 12.6. The van der Waals surface area contributed by atoms with E-state index >= 15 is 0 Å². The van der Waals surface area contributed by atoms with Gasteiger partial charge in [-0.15, -0.1) is 0 Å². The molecule has 2 rings (SSSR count). The Morgan fingerprint density at radius 1 is 1.24 bits per heavy atom. The predicted molar refractivity (Wildman–Crippen MR) is 66.9 cm³/mol. The molecule has 1 aliphatic heterocycles. The zero-order chi connectivity index (χ0) is 16.0. The van der Waals surface area contributed by atoms with E-state index in [9.17, 15) is 18.0 Å². The van der Waals surface area contributed by atoms with Crippen LogP contribution in [0.25, 0.3) is 0 Å². The first-order valence-electron chi connectivity index (χ1n) is 6.18. The molecule has 0 atom stereocenters. The summed E-state index contributed by atoms with van der Waals surface area (Å²) in [7, 11) is 0. The fourth-order valence-corrected chi connectivity index (χ4v) is 1.86. The Morgan fingerprint density at radius 2 is 1.86 bits per heavy atom. The van der Waals surface area contributed by atoms with Gasteiger partial charge in [0.25, 0.3) is 0 Å². The van der Waals surface area contributed by atoms with Gasteiger partial charge in [0.15, 0.2) is 0 Å². The molecule has 9 heteroatoms. The second-order valence-electron chi connectivity index (χ2n) is 5.69. The van der Waals surface area contributed by atoms with Crippen molar-refractivity contribution >= 4 is 11.9 Å². The summed E-state index contributed by atoms with van der Waals surface area (Å²) in [5, 5.41) is 0. The van der Waals surface area contributed by atoms with E-state index in [4.69, 9.17) is 10.5 Å². The summed E-state index contributed by atoms with van der Waals surface area (Å²) in [6.45, 7) is 5.05. The number of carbonyl (C=O) groups is 1. The minimum atomic E-state index is -4.68. The van der Waals surface area contributed by atoms with Crippen molar-refractivity contribution in [1.29, 1.82) is 0 Å². The Kier molecular flexibility index (Phi) is 3.46. The maximum Gasteiger partial charge on any atom is 0.451 e. The molecule has 2 N–H and O–H groups in total. The van der Waals surface area contributed by atoms with Gasteiger partial charge in [-0.2, -0.15) is 13.2 Å². The van der Waals surface area contributed by atoms with Crippen molar-refractivity contribution in [3.63, 3.8) is 0 Å². The molecule has 1 aromatic rings. The Morgan fingerprint density at radius 3 is 2.38 bits per heavy atom. The highest BCUT2D eigenvalue weighted by molar-refractivity contribution is 5.69. The van der Waals surface area contributed by atoms with Crippen LogP contribution in [-0.2, 0) is 24.0 Å². The zero-order valence-electron chi connectivity index (χ0n) is 11.8. The monoisotopic (exact) mass is 304 g/mol. The van der Waals surface area contributed by atoms with Crippen molar-refractivity contribution in [3.05, 3.63) is 17.1 Å². The molecule has 0 saturated heterocycles. The van der Waals surface area contributed by atoms with Gasteiger partial charge >= 0.3 is 12.3 Å². The summed E-state index contributed by atoms with van der Waals surface area (Å²) in [4.78, 5) is 19.8. The van der Waals surface area contributed by atoms with Gasteiger partial charge in [-0.1, -0.05) is 0 Å². The van der Waals surface area contributed by atoms with Crippen LogP contribution in [0.5, 0.6) is 0 Å².